The van der Waals surface area contributed by atoms with Crippen LogP contribution < -0.4 is 9.46 Å². The van der Waals surface area contributed by atoms with Crippen molar-refractivity contribution < 1.29 is 4.74 Å². The van der Waals surface area contributed by atoms with Gasteiger partial charge in [0.1, 0.15) is 11.9 Å². The normalized spacial score (nSPS) is 19.6. The average molecular weight is 460 g/mol. The van der Waals surface area contributed by atoms with Crippen LogP contribution in [0.3, 0.4) is 0 Å². The molecule has 1 aliphatic heterocycles. The van der Waals surface area contributed by atoms with Crippen LogP contribution in [-0.2, 0) is 6.54 Å². The second-order valence-electron chi connectivity index (χ2n) is 7.78. The maximum atomic E-state index is 6.52. The van der Waals surface area contributed by atoms with Gasteiger partial charge in [0.05, 0.1) is 5.02 Å². The monoisotopic (exact) mass is 459 g/mol. The molecule has 0 aliphatic carbocycles. The van der Waals surface area contributed by atoms with Crippen LogP contribution in [0.2, 0.25) is 5.02 Å². The number of nitrogens with one attached hydrogen (secondary N) is 1. The fourth-order valence-corrected chi connectivity index (χ4v) is 5.33. The molecule has 2 heterocycles. The van der Waals surface area contributed by atoms with Crippen LogP contribution in [0.4, 0.5) is 5.13 Å². The van der Waals surface area contributed by atoms with E-state index in [1.54, 1.807) is 17.5 Å². The first-order valence-electron chi connectivity index (χ1n) is 10.1. The molecule has 2 unspecified atom stereocenters. The Morgan fingerprint density at radius 2 is 2.20 bits per heavy atom. The third-order valence-electron chi connectivity index (χ3n) is 5.27. The largest absolute Gasteiger partial charge is 0.488 e. The van der Waals surface area contributed by atoms with Crippen molar-refractivity contribution in [3.8, 4) is 5.75 Å². The average Bonchev–Trinajstić information content (AvgIpc) is 3.24. The quantitative estimate of drug-likeness (QED) is 0.407. The van der Waals surface area contributed by atoms with Gasteiger partial charge >= 0.3 is 0 Å². The molecule has 0 spiro atoms. The van der Waals surface area contributed by atoms with E-state index in [-0.39, 0.29) is 6.10 Å². The standard InChI is InChI=1S/C23H26ClN3OS2/c1-16-4-3-5-18(12-16)15-27-10-8-21(17(2)14-27)28-22-7-6-19(13-20(22)24)30-26-23-25-9-11-29-23/h3-7,9,11-13,17,21H,8,10,14-15H2,1-2H3,(H,25,26). The smallest absolute Gasteiger partial charge is 0.192 e. The molecule has 7 heteroatoms. The Kier molecular flexibility index (Phi) is 7.20. The summed E-state index contributed by atoms with van der Waals surface area (Å²) in [5.41, 5.74) is 2.70. The van der Waals surface area contributed by atoms with Crippen molar-refractivity contribution >= 4 is 40.0 Å². The summed E-state index contributed by atoms with van der Waals surface area (Å²) in [7, 11) is 0. The van der Waals surface area contributed by atoms with Gasteiger partial charge in [0.2, 0.25) is 0 Å². The number of nitrogens with zero attached hydrogens (tertiary/aromatic N) is 2. The van der Waals surface area contributed by atoms with E-state index in [2.05, 4.69) is 52.7 Å². The summed E-state index contributed by atoms with van der Waals surface area (Å²) in [6, 6.07) is 14.7. The number of rotatable bonds is 7. The number of hydrogen-bond acceptors (Lipinski definition) is 6. The van der Waals surface area contributed by atoms with Crippen molar-refractivity contribution in [2.24, 2.45) is 5.92 Å². The molecule has 1 aromatic heterocycles. The predicted molar refractivity (Wildman–Crippen MR) is 128 cm³/mol. The van der Waals surface area contributed by atoms with Gasteiger partial charge in [-0.2, -0.15) is 0 Å². The lowest BCUT2D eigenvalue weighted by atomic mass is 9.96. The lowest BCUT2D eigenvalue weighted by Gasteiger charge is -2.37. The van der Waals surface area contributed by atoms with E-state index in [0.717, 1.165) is 41.8 Å². The number of aryl methyl sites for hydroxylation is 1. The van der Waals surface area contributed by atoms with Crippen molar-refractivity contribution in [3.63, 3.8) is 0 Å². The molecule has 1 fully saturated rings. The molecule has 2 aromatic carbocycles. The number of likely N-dealkylation sites (tertiary alicyclic amines) is 1. The molecule has 30 heavy (non-hydrogen) atoms. The van der Waals surface area contributed by atoms with E-state index in [4.69, 9.17) is 16.3 Å². The molecule has 0 saturated carbocycles. The Bertz CT molecular complexity index is 967. The van der Waals surface area contributed by atoms with Gasteiger partial charge in [-0.05, 0) is 49.1 Å². The van der Waals surface area contributed by atoms with Gasteiger partial charge in [-0.25, -0.2) is 4.98 Å². The zero-order valence-electron chi connectivity index (χ0n) is 17.2. The molecule has 1 saturated heterocycles. The van der Waals surface area contributed by atoms with Crippen molar-refractivity contribution in [3.05, 3.63) is 70.2 Å². The second kappa shape index (κ2) is 10.1. The fraction of sp³-hybridized carbons (Fsp3) is 0.348. The Hall–Kier alpha value is -1.73. The molecule has 0 radical (unpaired) electrons. The zero-order chi connectivity index (χ0) is 20.9. The van der Waals surface area contributed by atoms with Crippen LogP contribution in [0, 0.1) is 12.8 Å². The number of benzene rings is 2. The zero-order valence-corrected chi connectivity index (χ0v) is 19.6. The number of halogens is 1. The number of hydrogen-bond donors (Lipinski definition) is 1. The van der Waals surface area contributed by atoms with Crippen molar-refractivity contribution in [2.75, 3.05) is 17.8 Å². The third kappa shape index (κ3) is 5.70. The highest BCUT2D eigenvalue weighted by Crippen LogP contribution is 2.33. The highest BCUT2D eigenvalue weighted by Gasteiger charge is 2.28. The van der Waals surface area contributed by atoms with Crippen LogP contribution in [0.1, 0.15) is 24.5 Å². The van der Waals surface area contributed by atoms with Gasteiger partial charge in [0, 0.05) is 42.0 Å². The predicted octanol–water partition coefficient (Wildman–Crippen LogP) is 6.51. The summed E-state index contributed by atoms with van der Waals surface area (Å²) in [6.07, 6.45) is 2.97. The van der Waals surface area contributed by atoms with Crippen LogP contribution in [0.15, 0.2) is 58.9 Å². The maximum absolute atomic E-state index is 6.52. The summed E-state index contributed by atoms with van der Waals surface area (Å²) in [4.78, 5) is 7.77. The van der Waals surface area contributed by atoms with E-state index in [1.165, 1.54) is 23.1 Å². The molecular weight excluding hydrogens is 434 g/mol. The highest BCUT2D eigenvalue weighted by molar-refractivity contribution is 8.00. The summed E-state index contributed by atoms with van der Waals surface area (Å²) < 4.78 is 9.55. The van der Waals surface area contributed by atoms with Gasteiger partial charge in [-0.3, -0.25) is 4.90 Å². The van der Waals surface area contributed by atoms with Gasteiger partial charge in [-0.1, -0.05) is 48.4 Å². The first-order chi connectivity index (χ1) is 14.6. The van der Waals surface area contributed by atoms with Gasteiger partial charge in [0.15, 0.2) is 5.13 Å². The van der Waals surface area contributed by atoms with Gasteiger partial charge in [0.25, 0.3) is 0 Å². The molecular formula is C23H26ClN3OS2. The first kappa shape index (κ1) is 21.5. The van der Waals surface area contributed by atoms with E-state index in [1.807, 2.05) is 23.6 Å². The van der Waals surface area contributed by atoms with Gasteiger partial charge in [-0.15, -0.1) is 11.3 Å². The summed E-state index contributed by atoms with van der Waals surface area (Å²) in [5, 5.41) is 3.47. The molecule has 0 bridgehead atoms. The van der Waals surface area contributed by atoms with Crippen LogP contribution >= 0.6 is 34.9 Å². The van der Waals surface area contributed by atoms with E-state index >= 15 is 0 Å². The van der Waals surface area contributed by atoms with E-state index in [9.17, 15) is 0 Å². The second-order valence-corrected chi connectivity index (χ2v) is 9.96. The lowest BCUT2D eigenvalue weighted by Crippen LogP contribution is -2.44. The van der Waals surface area contributed by atoms with Crippen molar-refractivity contribution in [2.45, 2.75) is 37.8 Å². The molecule has 1 N–H and O–H groups in total. The lowest BCUT2D eigenvalue weighted by molar-refractivity contribution is 0.0490. The van der Waals surface area contributed by atoms with Crippen molar-refractivity contribution in [1.82, 2.24) is 9.88 Å². The minimum absolute atomic E-state index is 0.184. The molecule has 4 rings (SSSR count). The SMILES string of the molecule is Cc1cccc(CN2CCC(Oc3ccc(SNc4nccs4)cc3Cl)C(C)C2)c1. The number of piperidine rings is 1. The number of ether oxygens (including phenoxy) is 1. The third-order valence-corrected chi connectivity index (χ3v) is 7.17. The van der Waals surface area contributed by atoms with Crippen LogP contribution in [0.5, 0.6) is 5.75 Å². The number of anilines is 1. The summed E-state index contributed by atoms with van der Waals surface area (Å²) in [5.74, 6) is 1.21. The minimum Gasteiger partial charge on any atom is -0.488 e. The first-order valence-corrected chi connectivity index (χ1v) is 12.2. The molecule has 1 aliphatic rings. The van der Waals surface area contributed by atoms with E-state index in [0.29, 0.717) is 10.9 Å². The maximum Gasteiger partial charge on any atom is 0.192 e. The Labute approximate surface area is 191 Å². The molecule has 0 amide bonds. The van der Waals surface area contributed by atoms with E-state index < -0.39 is 0 Å². The highest BCUT2D eigenvalue weighted by atomic mass is 35.5. The van der Waals surface area contributed by atoms with Crippen molar-refractivity contribution in [1.29, 1.82) is 0 Å². The molecule has 2 atom stereocenters. The Morgan fingerprint density at radius 1 is 1.30 bits per heavy atom. The Balaban J connectivity index is 1.31. The Morgan fingerprint density at radius 3 is 2.93 bits per heavy atom. The number of aromatic nitrogens is 1. The molecule has 4 nitrogen and oxygen atoms in total. The summed E-state index contributed by atoms with van der Waals surface area (Å²) >= 11 is 9.59. The molecule has 158 valence electrons. The number of thiazole rings is 1. The topological polar surface area (TPSA) is 37.4 Å². The van der Waals surface area contributed by atoms with Crippen LogP contribution in [0.25, 0.3) is 0 Å². The fourth-order valence-electron chi connectivity index (χ4n) is 3.78. The minimum atomic E-state index is 0.184. The molecule has 3 aromatic rings. The summed E-state index contributed by atoms with van der Waals surface area (Å²) in [6.45, 7) is 7.48. The van der Waals surface area contributed by atoms with Gasteiger partial charge < -0.3 is 9.46 Å². The van der Waals surface area contributed by atoms with Crippen LogP contribution in [-0.4, -0.2) is 29.1 Å².